The summed E-state index contributed by atoms with van der Waals surface area (Å²) in [5.74, 6) is -2.10. The molecule has 0 radical (unpaired) electrons. The van der Waals surface area contributed by atoms with Crippen LogP contribution in [0, 0.1) is 11.6 Å². The van der Waals surface area contributed by atoms with Gasteiger partial charge in [0.05, 0.1) is 5.69 Å². The second-order valence-corrected chi connectivity index (χ2v) is 3.67. The summed E-state index contributed by atoms with van der Waals surface area (Å²) in [5, 5.41) is 5.62. The molecule has 1 aromatic rings. The molecule has 0 bridgehead atoms. The van der Waals surface area contributed by atoms with Crippen molar-refractivity contribution in [2.75, 3.05) is 5.32 Å². The number of hydrogen-bond acceptors (Lipinski definition) is 2. The molecule has 5 nitrogen and oxygen atoms in total. The second-order valence-electron chi connectivity index (χ2n) is 3.67. The number of carbonyl (C=O) groups is 1. The van der Waals surface area contributed by atoms with Crippen LogP contribution in [-0.4, -0.2) is 11.9 Å². The van der Waals surface area contributed by atoms with Crippen LogP contribution in [0.2, 0.25) is 0 Å². The highest BCUT2D eigenvalue weighted by molar-refractivity contribution is 5.96. The lowest BCUT2D eigenvalue weighted by molar-refractivity contribution is -0.117. The zero-order valence-electron chi connectivity index (χ0n) is 8.65. The highest BCUT2D eigenvalue weighted by Gasteiger charge is 2.24. The number of hydrogen-bond donors (Lipinski definition) is 1. The number of benzene rings is 1. The molecule has 1 aliphatic rings. The summed E-state index contributed by atoms with van der Waals surface area (Å²) in [6.07, 6.45) is 0.498. The summed E-state index contributed by atoms with van der Waals surface area (Å²) in [5.41, 5.74) is 8.62. The Bertz CT molecular complexity index is 525. The van der Waals surface area contributed by atoms with Crippen molar-refractivity contribution < 1.29 is 13.6 Å². The van der Waals surface area contributed by atoms with E-state index < -0.39 is 23.6 Å². The van der Waals surface area contributed by atoms with Crippen LogP contribution in [0.3, 0.4) is 0 Å². The molecule has 17 heavy (non-hydrogen) atoms. The van der Waals surface area contributed by atoms with Gasteiger partial charge in [0, 0.05) is 11.0 Å². The molecule has 1 aliphatic heterocycles. The Labute approximate surface area is 95.1 Å². The molecule has 0 saturated carbocycles. The van der Waals surface area contributed by atoms with Gasteiger partial charge in [-0.2, -0.15) is 0 Å². The van der Waals surface area contributed by atoms with Crippen LogP contribution in [0.15, 0.2) is 17.2 Å². The van der Waals surface area contributed by atoms with E-state index in [-0.39, 0.29) is 18.5 Å². The highest BCUT2D eigenvalue weighted by atomic mass is 19.1. The molecule has 7 heteroatoms. The molecule has 1 N–H and O–H groups in total. The summed E-state index contributed by atoms with van der Waals surface area (Å²) in [4.78, 5) is 14.1. The molecule has 0 saturated heterocycles. The van der Waals surface area contributed by atoms with Gasteiger partial charge in [-0.15, -0.1) is 0 Å². The summed E-state index contributed by atoms with van der Waals surface area (Å²) in [7, 11) is 0. The average molecular weight is 238 g/mol. The molecule has 88 valence electrons. The van der Waals surface area contributed by atoms with Crippen molar-refractivity contribution in [2.24, 2.45) is 5.11 Å². The van der Waals surface area contributed by atoms with Gasteiger partial charge in [0.2, 0.25) is 5.91 Å². The molecule has 0 spiro atoms. The Kier molecular flexibility index (Phi) is 2.93. The molecule has 1 heterocycles. The number of rotatable bonds is 1. The number of nitrogens with zero attached hydrogens (tertiary/aromatic N) is 3. The quantitative estimate of drug-likeness (QED) is 0.455. The van der Waals surface area contributed by atoms with E-state index >= 15 is 0 Å². The van der Waals surface area contributed by atoms with Gasteiger partial charge in [-0.25, -0.2) is 8.78 Å². The van der Waals surface area contributed by atoms with E-state index in [4.69, 9.17) is 5.53 Å². The van der Waals surface area contributed by atoms with Gasteiger partial charge in [0.15, 0.2) is 0 Å². The van der Waals surface area contributed by atoms with E-state index in [1.807, 2.05) is 0 Å². The second kappa shape index (κ2) is 4.39. The van der Waals surface area contributed by atoms with E-state index in [0.29, 0.717) is 11.6 Å². The Hall–Kier alpha value is -2.14. The first-order valence-corrected chi connectivity index (χ1v) is 4.95. The molecule has 1 amide bonds. The van der Waals surface area contributed by atoms with Gasteiger partial charge >= 0.3 is 0 Å². The van der Waals surface area contributed by atoms with Crippen LogP contribution in [0.1, 0.15) is 12.0 Å². The zero-order chi connectivity index (χ0) is 12.4. The molecule has 1 unspecified atom stereocenters. The SMILES string of the molecule is [N-]=[N+]=NC1CCc2cc(F)cc(F)c2NC1=O. The smallest absolute Gasteiger partial charge is 0.233 e. The van der Waals surface area contributed by atoms with E-state index in [0.717, 1.165) is 6.07 Å². The third kappa shape index (κ3) is 2.19. The number of anilines is 1. The standard InChI is InChI=1S/C10H8F2N4O/c11-6-3-5-1-2-8(15-16-13)10(17)14-9(5)7(12)4-6/h3-4,8H,1-2H2,(H,14,17). The van der Waals surface area contributed by atoms with Crippen molar-refractivity contribution in [2.45, 2.75) is 18.9 Å². The first-order chi connectivity index (χ1) is 8.11. The van der Waals surface area contributed by atoms with E-state index in [1.165, 1.54) is 0 Å². The first kappa shape index (κ1) is 11.3. The Morgan fingerprint density at radius 1 is 1.47 bits per heavy atom. The van der Waals surface area contributed by atoms with Crippen molar-refractivity contribution >= 4 is 11.6 Å². The first-order valence-electron chi connectivity index (χ1n) is 4.95. The number of carbonyl (C=O) groups excluding carboxylic acids is 1. The lowest BCUT2D eigenvalue weighted by Crippen LogP contribution is -2.24. The van der Waals surface area contributed by atoms with Crippen LogP contribution < -0.4 is 5.32 Å². The summed E-state index contributed by atoms with van der Waals surface area (Å²) in [6, 6.07) is 0.972. The number of aryl methyl sites for hydroxylation is 1. The number of fused-ring (bicyclic) bond motifs is 1. The number of amides is 1. The highest BCUT2D eigenvalue weighted by Crippen LogP contribution is 2.27. The van der Waals surface area contributed by atoms with Crippen LogP contribution in [0.5, 0.6) is 0 Å². The minimum atomic E-state index is -0.894. The van der Waals surface area contributed by atoms with E-state index in [1.54, 1.807) is 0 Å². The van der Waals surface area contributed by atoms with Crippen molar-refractivity contribution in [3.8, 4) is 0 Å². The maximum Gasteiger partial charge on any atom is 0.233 e. The van der Waals surface area contributed by atoms with Gasteiger partial charge in [-0.1, -0.05) is 5.11 Å². The Morgan fingerprint density at radius 2 is 2.24 bits per heavy atom. The van der Waals surface area contributed by atoms with Gasteiger partial charge < -0.3 is 5.32 Å². The van der Waals surface area contributed by atoms with Crippen LogP contribution >= 0.6 is 0 Å². The predicted octanol–water partition coefficient (Wildman–Crippen LogP) is 2.53. The third-order valence-electron chi connectivity index (χ3n) is 2.57. The summed E-state index contributed by atoms with van der Waals surface area (Å²) < 4.78 is 26.4. The van der Waals surface area contributed by atoms with Crippen molar-refractivity contribution in [3.63, 3.8) is 0 Å². The molecule has 1 atom stereocenters. The number of nitrogens with one attached hydrogen (secondary N) is 1. The number of azide groups is 1. The zero-order valence-corrected chi connectivity index (χ0v) is 8.65. The molecule has 0 aromatic heterocycles. The number of halogens is 2. The molecule has 2 rings (SSSR count). The van der Waals surface area contributed by atoms with Crippen molar-refractivity contribution in [1.82, 2.24) is 0 Å². The lowest BCUT2D eigenvalue weighted by Gasteiger charge is -2.08. The van der Waals surface area contributed by atoms with E-state index in [9.17, 15) is 13.6 Å². The molecular weight excluding hydrogens is 230 g/mol. The topological polar surface area (TPSA) is 77.9 Å². The van der Waals surface area contributed by atoms with Gasteiger partial charge in [0.25, 0.3) is 0 Å². The van der Waals surface area contributed by atoms with Crippen LogP contribution in [-0.2, 0) is 11.2 Å². The minimum Gasteiger partial charge on any atom is -0.323 e. The minimum absolute atomic E-state index is 0.0351. The third-order valence-corrected chi connectivity index (χ3v) is 2.57. The monoisotopic (exact) mass is 238 g/mol. The van der Waals surface area contributed by atoms with Gasteiger partial charge in [-0.3, -0.25) is 4.79 Å². The van der Waals surface area contributed by atoms with Crippen LogP contribution in [0.25, 0.3) is 10.4 Å². The fraction of sp³-hybridized carbons (Fsp3) is 0.300. The summed E-state index contributed by atoms with van der Waals surface area (Å²) in [6.45, 7) is 0. The largest absolute Gasteiger partial charge is 0.323 e. The molecule has 0 fully saturated rings. The van der Waals surface area contributed by atoms with Crippen molar-refractivity contribution in [1.29, 1.82) is 0 Å². The Balaban J connectivity index is 2.41. The van der Waals surface area contributed by atoms with E-state index in [2.05, 4.69) is 15.3 Å². The van der Waals surface area contributed by atoms with Gasteiger partial charge in [-0.05, 0) is 30.0 Å². The normalized spacial score (nSPS) is 18.7. The average Bonchev–Trinajstić information content (AvgIpc) is 2.41. The molecule has 1 aromatic carbocycles. The maximum atomic E-state index is 13.4. The Morgan fingerprint density at radius 3 is 2.94 bits per heavy atom. The van der Waals surface area contributed by atoms with Crippen molar-refractivity contribution in [3.05, 3.63) is 39.8 Å². The summed E-state index contributed by atoms with van der Waals surface area (Å²) >= 11 is 0. The fourth-order valence-electron chi connectivity index (χ4n) is 1.77. The fourth-order valence-corrected chi connectivity index (χ4v) is 1.77. The van der Waals surface area contributed by atoms with Crippen LogP contribution in [0.4, 0.5) is 14.5 Å². The molecular formula is C10H8F2N4O. The molecule has 0 aliphatic carbocycles. The maximum absolute atomic E-state index is 13.4. The predicted molar refractivity (Wildman–Crippen MR) is 56.2 cm³/mol. The van der Waals surface area contributed by atoms with Gasteiger partial charge in [0.1, 0.15) is 17.7 Å². The lowest BCUT2D eigenvalue weighted by atomic mass is 10.1.